The molecule has 0 atom stereocenters. The molecule has 0 aromatic heterocycles. The summed E-state index contributed by atoms with van der Waals surface area (Å²) < 4.78 is 5.12. The van der Waals surface area contributed by atoms with Crippen LogP contribution < -0.4 is 9.80 Å². The molecule has 1 saturated heterocycles. The van der Waals surface area contributed by atoms with E-state index >= 15 is 0 Å². The largest absolute Gasteiger partial charge is 0.447 e. The topological polar surface area (TPSA) is 35.2 Å². The third-order valence-electron chi connectivity index (χ3n) is 2.94. The van der Waals surface area contributed by atoms with Crippen molar-refractivity contribution < 1.29 is 19.3 Å². The van der Waals surface area contributed by atoms with Crippen molar-refractivity contribution in [3.8, 4) is 11.8 Å². The first-order valence-electron chi connectivity index (χ1n) is 6.23. The number of ether oxygens (including phenoxy) is 1. The summed E-state index contributed by atoms with van der Waals surface area (Å²) in [6.45, 7) is 10.7. The van der Waals surface area contributed by atoms with E-state index in [1.54, 1.807) is 4.90 Å². The standard InChI is InChI=1S/C13H22N2O2/c1-12(16)17-13(2,3)6-5-7-15-10-8-14(4)9-11-15/h7-11H2,1-4H3/p+2. The minimum atomic E-state index is -0.664. The van der Waals surface area contributed by atoms with Crippen LogP contribution in [0.3, 0.4) is 0 Å². The quantitative estimate of drug-likeness (QED) is 0.422. The van der Waals surface area contributed by atoms with Gasteiger partial charge in [-0.1, -0.05) is 5.92 Å². The Balaban J connectivity index is 2.37. The van der Waals surface area contributed by atoms with Crippen molar-refractivity contribution in [1.29, 1.82) is 0 Å². The molecule has 1 aliphatic rings. The van der Waals surface area contributed by atoms with Gasteiger partial charge in [-0.25, -0.2) is 0 Å². The minimum Gasteiger partial charge on any atom is -0.447 e. The molecule has 1 fully saturated rings. The number of quaternary nitrogens is 2. The Morgan fingerprint density at radius 3 is 2.41 bits per heavy atom. The average molecular weight is 240 g/mol. The Labute approximate surface area is 104 Å². The number of carbonyl (C=O) groups excluding carboxylic acids is 1. The van der Waals surface area contributed by atoms with E-state index in [2.05, 4.69) is 18.9 Å². The monoisotopic (exact) mass is 240 g/mol. The van der Waals surface area contributed by atoms with Crippen LogP contribution in [0.1, 0.15) is 20.8 Å². The number of piperazine rings is 1. The van der Waals surface area contributed by atoms with Crippen LogP contribution in [-0.4, -0.2) is 51.3 Å². The minimum absolute atomic E-state index is 0.278. The van der Waals surface area contributed by atoms with Crippen LogP contribution >= 0.6 is 0 Å². The van der Waals surface area contributed by atoms with Crippen LogP contribution in [0, 0.1) is 11.8 Å². The van der Waals surface area contributed by atoms with Gasteiger partial charge in [-0.15, -0.1) is 0 Å². The van der Waals surface area contributed by atoms with Crippen LogP contribution in [0.4, 0.5) is 0 Å². The van der Waals surface area contributed by atoms with E-state index in [1.807, 2.05) is 13.8 Å². The van der Waals surface area contributed by atoms with Gasteiger partial charge in [0.2, 0.25) is 0 Å². The maximum absolute atomic E-state index is 10.9. The van der Waals surface area contributed by atoms with Gasteiger partial charge in [0.1, 0.15) is 32.7 Å². The Hall–Kier alpha value is -1.05. The van der Waals surface area contributed by atoms with Gasteiger partial charge >= 0.3 is 5.97 Å². The normalized spacial score (nSPS) is 24.7. The molecule has 0 unspecified atom stereocenters. The second-order valence-electron chi connectivity index (χ2n) is 5.29. The fourth-order valence-corrected chi connectivity index (χ4v) is 1.97. The molecule has 0 aromatic rings. The summed E-state index contributed by atoms with van der Waals surface area (Å²) in [6.07, 6.45) is 0. The zero-order valence-electron chi connectivity index (χ0n) is 11.4. The van der Waals surface area contributed by atoms with Crippen LogP contribution in [0.25, 0.3) is 0 Å². The van der Waals surface area contributed by atoms with Crippen molar-refractivity contribution in [2.75, 3.05) is 39.8 Å². The van der Waals surface area contributed by atoms with Crippen LogP contribution in [0.2, 0.25) is 0 Å². The second kappa shape index (κ2) is 6.04. The van der Waals surface area contributed by atoms with E-state index in [0.29, 0.717) is 0 Å². The number of hydrogen-bond acceptors (Lipinski definition) is 2. The average Bonchev–Trinajstić information content (AvgIpc) is 2.18. The Morgan fingerprint density at radius 1 is 1.29 bits per heavy atom. The number of likely N-dealkylation sites (N-methyl/N-ethyl adjacent to an activating group) is 1. The molecule has 0 amide bonds. The van der Waals surface area contributed by atoms with Crippen molar-refractivity contribution in [3.63, 3.8) is 0 Å². The maximum Gasteiger partial charge on any atom is 0.304 e. The molecule has 1 rings (SSSR count). The molecule has 0 saturated carbocycles. The summed E-state index contributed by atoms with van der Waals surface area (Å²) >= 11 is 0. The zero-order valence-corrected chi connectivity index (χ0v) is 11.4. The van der Waals surface area contributed by atoms with Gasteiger partial charge in [-0.05, 0) is 19.8 Å². The predicted octanol–water partition coefficient (Wildman–Crippen LogP) is -2.26. The molecule has 0 bridgehead atoms. The summed E-state index contributed by atoms with van der Waals surface area (Å²) in [6, 6.07) is 0. The second-order valence-corrected chi connectivity index (χ2v) is 5.29. The maximum atomic E-state index is 10.9. The van der Waals surface area contributed by atoms with Crippen molar-refractivity contribution in [3.05, 3.63) is 0 Å². The van der Waals surface area contributed by atoms with Gasteiger partial charge < -0.3 is 14.5 Å². The molecule has 1 aliphatic heterocycles. The summed E-state index contributed by atoms with van der Waals surface area (Å²) in [4.78, 5) is 14.0. The highest BCUT2D eigenvalue weighted by molar-refractivity contribution is 5.66. The fourth-order valence-electron chi connectivity index (χ4n) is 1.97. The van der Waals surface area contributed by atoms with Crippen molar-refractivity contribution in [1.82, 2.24) is 0 Å². The van der Waals surface area contributed by atoms with Gasteiger partial charge in [0.25, 0.3) is 0 Å². The lowest BCUT2D eigenvalue weighted by Crippen LogP contribution is -3.26. The SMILES string of the molecule is CC(=O)OC(C)(C)C#CC[NH+]1CC[NH+](C)CC1. The number of nitrogens with one attached hydrogen (secondary N) is 2. The molecule has 0 spiro atoms. The summed E-state index contributed by atoms with van der Waals surface area (Å²) in [5.41, 5.74) is -0.664. The highest BCUT2D eigenvalue weighted by Crippen LogP contribution is 2.06. The first-order chi connectivity index (χ1) is 7.89. The molecular weight excluding hydrogens is 216 g/mol. The van der Waals surface area contributed by atoms with Crippen molar-refractivity contribution in [2.24, 2.45) is 0 Å². The molecule has 4 heteroatoms. The molecule has 4 nitrogen and oxygen atoms in total. The Bertz CT molecular complexity index is 320. The lowest BCUT2D eigenvalue weighted by Gasteiger charge is -2.25. The summed E-state index contributed by atoms with van der Waals surface area (Å²) in [7, 11) is 2.23. The zero-order chi connectivity index (χ0) is 12.9. The lowest BCUT2D eigenvalue weighted by molar-refractivity contribution is -1.000. The third-order valence-corrected chi connectivity index (χ3v) is 2.94. The van der Waals surface area contributed by atoms with E-state index in [0.717, 1.165) is 6.54 Å². The van der Waals surface area contributed by atoms with Crippen molar-refractivity contribution in [2.45, 2.75) is 26.4 Å². The molecule has 1 heterocycles. The Kier molecular flexibility index (Phi) is 4.98. The molecule has 0 aromatic carbocycles. The number of esters is 1. The molecule has 0 aliphatic carbocycles. The van der Waals surface area contributed by atoms with E-state index in [-0.39, 0.29) is 5.97 Å². The third kappa shape index (κ3) is 5.71. The predicted molar refractivity (Wildman–Crippen MR) is 65.8 cm³/mol. The van der Waals surface area contributed by atoms with E-state index in [1.165, 1.54) is 38.0 Å². The number of rotatable bonds is 2. The van der Waals surface area contributed by atoms with E-state index in [9.17, 15) is 4.79 Å². The molecule has 96 valence electrons. The van der Waals surface area contributed by atoms with Crippen LogP contribution in [0.15, 0.2) is 0 Å². The summed E-state index contributed by atoms with van der Waals surface area (Å²) in [5.74, 6) is 5.89. The smallest absolute Gasteiger partial charge is 0.304 e. The van der Waals surface area contributed by atoms with Gasteiger partial charge in [0.05, 0.1) is 7.05 Å². The van der Waals surface area contributed by atoms with Gasteiger partial charge in [-0.2, -0.15) is 0 Å². The molecule has 2 N–H and O–H groups in total. The highest BCUT2D eigenvalue weighted by Gasteiger charge is 2.20. The van der Waals surface area contributed by atoms with Crippen LogP contribution in [-0.2, 0) is 9.53 Å². The first kappa shape index (κ1) is 14.0. The first-order valence-corrected chi connectivity index (χ1v) is 6.23. The number of hydrogen-bond donors (Lipinski definition) is 2. The van der Waals surface area contributed by atoms with E-state index in [4.69, 9.17) is 4.74 Å². The lowest BCUT2D eigenvalue weighted by atomic mass is 10.1. The highest BCUT2D eigenvalue weighted by atomic mass is 16.6. The van der Waals surface area contributed by atoms with Crippen molar-refractivity contribution >= 4 is 5.97 Å². The summed E-state index contributed by atoms with van der Waals surface area (Å²) in [5, 5.41) is 0. The van der Waals surface area contributed by atoms with Gasteiger partial charge in [-0.3, -0.25) is 4.79 Å². The fraction of sp³-hybridized carbons (Fsp3) is 0.769. The molecule has 0 radical (unpaired) electrons. The van der Waals surface area contributed by atoms with E-state index < -0.39 is 5.60 Å². The molecule has 17 heavy (non-hydrogen) atoms. The molecular formula is C13H24N2O2+2. The van der Waals surface area contributed by atoms with Gasteiger partial charge in [0, 0.05) is 6.92 Å². The van der Waals surface area contributed by atoms with Crippen LogP contribution in [0.5, 0.6) is 0 Å². The number of carbonyl (C=O) groups is 1. The van der Waals surface area contributed by atoms with Gasteiger partial charge in [0.15, 0.2) is 5.60 Å². The Morgan fingerprint density at radius 2 is 1.88 bits per heavy atom.